The van der Waals surface area contributed by atoms with E-state index in [1.54, 1.807) is 14.0 Å². The second-order valence-electron chi connectivity index (χ2n) is 9.16. The molecule has 0 aliphatic carbocycles. The normalized spacial score (nSPS) is 17.4. The Morgan fingerprint density at radius 3 is 2.64 bits per heavy atom. The number of hydrogen-bond donors (Lipinski definition) is 0. The van der Waals surface area contributed by atoms with E-state index >= 15 is 0 Å². The highest BCUT2D eigenvalue weighted by Gasteiger charge is 2.47. The first-order valence-corrected chi connectivity index (χ1v) is 11.7. The smallest absolute Gasteiger partial charge is 0.263 e. The van der Waals surface area contributed by atoms with Crippen LogP contribution in [0.4, 0.5) is 5.69 Å². The Kier molecular flexibility index (Phi) is 5.67. The summed E-state index contributed by atoms with van der Waals surface area (Å²) in [5.74, 6) is 1.34. The molecule has 6 nitrogen and oxygen atoms in total. The number of carbonyl (C=O) groups excluding carboxylic acids is 1. The summed E-state index contributed by atoms with van der Waals surface area (Å²) < 4.78 is 10.8. The molecule has 1 aromatic heterocycles. The molecule has 2 aliphatic heterocycles. The fourth-order valence-electron chi connectivity index (χ4n) is 5.34. The van der Waals surface area contributed by atoms with E-state index in [-0.39, 0.29) is 11.3 Å². The van der Waals surface area contributed by atoms with Gasteiger partial charge in [-0.3, -0.25) is 9.69 Å². The Bertz CT molecular complexity index is 1180. The average molecular weight is 466 g/mol. The van der Waals surface area contributed by atoms with Crippen LogP contribution in [0.3, 0.4) is 0 Å². The van der Waals surface area contributed by atoms with Crippen LogP contribution in [0.25, 0.3) is 0 Å². The predicted molar refractivity (Wildman–Crippen MR) is 128 cm³/mol. The zero-order valence-corrected chi connectivity index (χ0v) is 20.0. The molecular formula is C26H28ClN3O3. The molecule has 0 atom stereocenters. The Morgan fingerprint density at radius 2 is 1.97 bits per heavy atom. The van der Waals surface area contributed by atoms with E-state index in [2.05, 4.69) is 22.2 Å². The van der Waals surface area contributed by atoms with Gasteiger partial charge in [0, 0.05) is 29.2 Å². The van der Waals surface area contributed by atoms with Crippen molar-refractivity contribution in [3.05, 3.63) is 75.6 Å². The van der Waals surface area contributed by atoms with Gasteiger partial charge in [-0.25, -0.2) is 0 Å². The number of aryl methyl sites for hydroxylation is 2. The van der Waals surface area contributed by atoms with Crippen LogP contribution in [0.2, 0.25) is 5.02 Å². The van der Waals surface area contributed by atoms with Gasteiger partial charge in [0.15, 0.2) is 0 Å². The average Bonchev–Trinajstić information content (AvgIpc) is 3.31. The molecule has 0 radical (unpaired) electrons. The summed E-state index contributed by atoms with van der Waals surface area (Å²) in [5, 5.41) is 4.76. The van der Waals surface area contributed by atoms with Crippen LogP contribution in [0.5, 0.6) is 5.75 Å². The van der Waals surface area contributed by atoms with Crippen molar-refractivity contribution >= 4 is 23.2 Å². The molecule has 3 aromatic rings. The van der Waals surface area contributed by atoms with Gasteiger partial charge in [0.2, 0.25) is 0 Å². The summed E-state index contributed by atoms with van der Waals surface area (Å²) in [6, 6.07) is 14.1. The molecule has 0 N–H and O–H groups in total. The van der Waals surface area contributed by atoms with Gasteiger partial charge in [-0.1, -0.05) is 28.9 Å². The van der Waals surface area contributed by atoms with Crippen LogP contribution in [-0.4, -0.2) is 42.7 Å². The lowest BCUT2D eigenvalue weighted by Crippen LogP contribution is -2.45. The Hall–Kier alpha value is -2.83. The number of ether oxygens (including phenoxy) is 1. The number of carbonyl (C=O) groups is 1. The van der Waals surface area contributed by atoms with Gasteiger partial charge in [-0.15, -0.1) is 0 Å². The van der Waals surface area contributed by atoms with Crippen molar-refractivity contribution in [2.45, 2.75) is 38.6 Å². The number of aromatic nitrogens is 1. The number of benzene rings is 2. The predicted octanol–water partition coefficient (Wildman–Crippen LogP) is 5.15. The summed E-state index contributed by atoms with van der Waals surface area (Å²) in [4.78, 5) is 18.0. The van der Waals surface area contributed by atoms with E-state index in [0.717, 1.165) is 48.9 Å². The SMILES string of the molecule is COc1ccc2c(c1)C1(CCN(Cc3cccc(Cl)c3)CC1)CN2C(=O)c1c(C)noc1C. The van der Waals surface area contributed by atoms with E-state index in [0.29, 0.717) is 23.6 Å². The largest absolute Gasteiger partial charge is 0.497 e. The molecule has 1 saturated heterocycles. The molecule has 33 heavy (non-hydrogen) atoms. The number of methoxy groups -OCH3 is 1. The van der Waals surface area contributed by atoms with Gasteiger partial charge in [0.25, 0.3) is 5.91 Å². The third kappa shape index (κ3) is 3.91. The standard InChI is InChI=1S/C26H28ClN3O3/c1-17-24(18(2)33-28-17)25(31)30-16-26(22-14-21(32-3)7-8-23(22)30)9-11-29(12-10-26)15-19-5-4-6-20(27)13-19/h4-8,13-14H,9-12,15-16H2,1-3H3. The van der Waals surface area contributed by atoms with Gasteiger partial charge < -0.3 is 14.2 Å². The number of piperidine rings is 1. The lowest BCUT2D eigenvalue weighted by molar-refractivity contribution is 0.0973. The minimum Gasteiger partial charge on any atom is -0.497 e. The van der Waals surface area contributed by atoms with Crippen molar-refractivity contribution < 1.29 is 14.1 Å². The lowest BCUT2D eigenvalue weighted by Gasteiger charge is -2.40. The molecule has 3 heterocycles. The van der Waals surface area contributed by atoms with Crippen molar-refractivity contribution in [2.24, 2.45) is 0 Å². The number of halogens is 1. The van der Waals surface area contributed by atoms with E-state index in [1.165, 1.54) is 11.1 Å². The van der Waals surface area contributed by atoms with Crippen molar-refractivity contribution in [3.63, 3.8) is 0 Å². The van der Waals surface area contributed by atoms with Crippen LogP contribution in [0.15, 0.2) is 47.0 Å². The minimum absolute atomic E-state index is 0.0455. The van der Waals surface area contributed by atoms with Gasteiger partial charge >= 0.3 is 0 Å². The van der Waals surface area contributed by atoms with Crippen molar-refractivity contribution in [2.75, 3.05) is 31.6 Å². The Balaban J connectivity index is 1.42. The summed E-state index contributed by atoms with van der Waals surface area (Å²) in [7, 11) is 1.68. The van der Waals surface area contributed by atoms with E-state index in [9.17, 15) is 4.79 Å². The zero-order valence-electron chi connectivity index (χ0n) is 19.2. The number of amides is 1. The van der Waals surface area contributed by atoms with Crippen molar-refractivity contribution in [1.82, 2.24) is 10.1 Å². The Morgan fingerprint density at radius 1 is 1.18 bits per heavy atom. The third-order valence-corrected chi connectivity index (χ3v) is 7.36. The molecule has 2 aromatic carbocycles. The van der Waals surface area contributed by atoms with E-state index in [4.69, 9.17) is 20.9 Å². The summed E-state index contributed by atoms with van der Waals surface area (Å²) in [6.07, 6.45) is 1.94. The molecule has 172 valence electrons. The highest BCUT2D eigenvalue weighted by atomic mass is 35.5. The number of rotatable bonds is 4. The molecule has 2 aliphatic rings. The monoisotopic (exact) mass is 465 g/mol. The second-order valence-corrected chi connectivity index (χ2v) is 9.60. The quantitative estimate of drug-likeness (QED) is 0.533. The molecule has 0 saturated carbocycles. The van der Waals surface area contributed by atoms with Gasteiger partial charge in [0.1, 0.15) is 17.1 Å². The maximum Gasteiger partial charge on any atom is 0.263 e. The highest BCUT2D eigenvalue weighted by Crippen LogP contribution is 2.49. The summed E-state index contributed by atoms with van der Waals surface area (Å²) in [5.41, 5.74) is 4.48. The number of anilines is 1. The molecule has 7 heteroatoms. The summed E-state index contributed by atoms with van der Waals surface area (Å²) >= 11 is 6.18. The van der Waals surface area contributed by atoms with E-state index < -0.39 is 0 Å². The molecule has 0 unspecified atom stereocenters. The highest BCUT2D eigenvalue weighted by molar-refractivity contribution is 6.30. The number of likely N-dealkylation sites (tertiary alicyclic amines) is 1. The molecule has 0 bridgehead atoms. The third-order valence-electron chi connectivity index (χ3n) is 7.13. The number of hydrogen-bond acceptors (Lipinski definition) is 5. The maximum atomic E-state index is 13.6. The molecular weight excluding hydrogens is 438 g/mol. The first kappa shape index (κ1) is 22.0. The minimum atomic E-state index is -0.0939. The Labute approximate surface area is 199 Å². The van der Waals surface area contributed by atoms with Crippen LogP contribution in [0.1, 0.15) is 45.8 Å². The fraction of sp³-hybridized carbons (Fsp3) is 0.385. The van der Waals surface area contributed by atoms with Crippen molar-refractivity contribution in [3.8, 4) is 5.75 Å². The van der Waals surface area contributed by atoms with Gasteiger partial charge in [-0.2, -0.15) is 0 Å². The first-order valence-electron chi connectivity index (χ1n) is 11.3. The van der Waals surface area contributed by atoms with Gasteiger partial charge in [-0.05, 0) is 81.2 Å². The first-order chi connectivity index (χ1) is 15.9. The zero-order chi connectivity index (χ0) is 23.2. The van der Waals surface area contributed by atoms with Crippen LogP contribution >= 0.6 is 11.6 Å². The molecule has 1 fully saturated rings. The fourth-order valence-corrected chi connectivity index (χ4v) is 5.55. The second kappa shape index (κ2) is 8.50. The van der Waals surface area contributed by atoms with Crippen LogP contribution < -0.4 is 9.64 Å². The number of fused-ring (bicyclic) bond motifs is 2. The molecule has 1 spiro atoms. The topological polar surface area (TPSA) is 58.8 Å². The molecule has 1 amide bonds. The van der Waals surface area contributed by atoms with E-state index in [1.807, 2.05) is 42.2 Å². The maximum absolute atomic E-state index is 13.6. The lowest BCUT2D eigenvalue weighted by atomic mass is 9.74. The molecule has 5 rings (SSSR count). The van der Waals surface area contributed by atoms with Gasteiger partial charge in [0.05, 0.1) is 12.8 Å². The van der Waals surface area contributed by atoms with Crippen LogP contribution in [0, 0.1) is 13.8 Å². The summed E-state index contributed by atoms with van der Waals surface area (Å²) in [6.45, 7) is 7.06. The van der Waals surface area contributed by atoms with Crippen LogP contribution in [-0.2, 0) is 12.0 Å². The number of nitrogens with zero attached hydrogens (tertiary/aromatic N) is 3. The van der Waals surface area contributed by atoms with Crippen molar-refractivity contribution in [1.29, 1.82) is 0 Å².